The summed E-state index contributed by atoms with van der Waals surface area (Å²) in [5.74, 6) is -1.17. The second-order valence-corrected chi connectivity index (χ2v) is 3.94. The molecule has 0 unspecified atom stereocenters. The zero-order chi connectivity index (χ0) is 12.5. The number of carboxylic acid groups (broad SMARTS) is 1. The van der Waals surface area contributed by atoms with Crippen molar-refractivity contribution in [3.8, 4) is 5.69 Å². The van der Waals surface area contributed by atoms with Crippen LogP contribution in [0.1, 0.15) is 10.4 Å². The maximum atomic E-state index is 10.7. The van der Waals surface area contributed by atoms with Gasteiger partial charge in [-0.15, -0.1) is 0 Å². The number of imidazole rings is 1. The minimum atomic E-state index is -1.17. The first-order chi connectivity index (χ1) is 8.75. The predicted octanol–water partition coefficient (Wildman–Crippen LogP) is 1.39. The van der Waals surface area contributed by atoms with Gasteiger partial charge in [0.1, 0.15) is 6.33 Å². The van der Waals surface area contributed by atoms with Gasteiger partial charge in [-0.25, -0.2) is 4.98 Å². The Hall–Kier alpha value is -2.62. The van der Waals surface area contributed by atoms with Crippen LogP contribution in [0, 0.1) is 0 Å². The van der Waals surface area contributed by atoms with E-state index in [0.717, 1.165) is 16.7 Å². The number of hydrogen-bond donors (Lipinski definition) is 0. The van der Waals surface area contributed by atoms with Crippen molar-refractivity contribution in [2.75, 3.05) is 0 Å². The molecule has 0 atom stereocenters. The summed E-state index contributed by atoms with van der Waals surface area (Å²) in [4.78, 5) is 15.0. The number of nitrogens with zero attached hydrogens (tertiary/aromatic N) is 2. The number of hydrogen-bond acceptors (Lipinski definition) is 3. The molecule has 0 aliphatic rings. The van der Waals surface area contributed by atoms with Crippen LogP contribution in [0.2, 0.25) is 0 Å². The van der Waals surface area contributed by atoms with E-state index >= 15 is 0 Å². The Balaban J connectivity index is 2.12. The van der Waals surface area contributed by atoms with Gasteiger partial charge in [-0.1, -0.05) is 24.3 Å². The van der Waals surface area contributed by atoms with Crippen molar-refractivity contribution in [2.24, 2.45) is 0 Å². The van der Waals surface area contributed by atoms with Gasteiger partial charge in [-0.3, -0.25) is 4.57 Å². The second kappa shape index (κ2) is 4.00. The van der Waals surface area contributed by atoms with Crippen LogP contribution in [-0.4, -0.2) is 15.5 Å². The molecule has 0 aliphatic heterocycles. The minimum absolute atomic E-state index is 0.170. The maximum Gasteiger partial charge on any atom is 0.100 e. The molecule has 0 fully saturated rings. The smallest absolute Gasteiger partial charge is 0.100 e. The normalized spacial score (nSPS) is 10.7. The lowest BCUT2D eigenvalue weighted by molar-refractivity contribution is -0.255. The summed E-state index contributed by atoms with van der Waals surface area (Å²) >= 11 is 0. The lowest BCUT2D eigenvalue weighted by Gasteiger charge is -2.06. The summed E-state index contributed by atoms with van der Waals surface area (Å²) < 4.78 is 1.91. The number of benzene rings is 2. The third kappa shape index (κ3) is 1.64. The van der Waals surface area contributed by atoms with E-state index < -0.39 is 5.97 Å². The number of carboxylic acids is 1. The summed E-state index contributed by atoms with van der Waals surface area (Å²) in [6.45, 7) is 0. The maximum absolute atomic E-state index is 10.7. The van der Waals surface area contributed by atoms with Crippen molar-refractivity contribution in [3.05, 3.63) is 60.4 Å². The van der Waals surface area contributed by atoms with Gasteiger partial charge in [0, 0.05) is 5.69 Å². The molecule has 4 nitrogen and oxygen atoms in total. The first-order valence-electron chi connectivity index (χ1n) is 5.49. The van der Waals surface area contributed by atoms with E-state index in [1.54, 1.807) is 18.5 Å². The summed E-state index contributed by atoms with van der Waals surface area (Å²) in [7, 11) is 0. The van der Waals surface area contributed by atoms with Crippen LogP contribution in [-0.2, 0) is 0 Å². The highest BCUT2D eigenvalue weighted by Gasteiger charge is 2.03. The molecule has 3 rings (SSSR count). The minimum Gasteiger partial charge on any atom is -0.545 e. The fourth-order valence-corrected chi connectivity index (χ4v) is 1.92. The number of aromatic nitrogens is 2. The standard InChI is InChI=1S/C14H10N2O2/c17-14(18)10-5-7-11(8-6-10)16-9-15-12-3-1-2-4-13(12)16/h1-9H,(H,17,18)/p-1. The van der Waals surface area contributed by atoms with Crippen molar-refractivity contribution in [3.63, 3.8) is 0 Å². The molecule has 88 valence electrons. The van der Waals surface area contributed by atoms with Gasteiger partial charge >= 0.3 is 0 Å². The first-order valence-corrected chi connectivity index (χ1v) is 5.49. The van der Waals surface area contributed by atoms with Crippen LogP contribution in [0.15, 0.2) is 54.9 Å². The van der Waals surface area contributed by atoms with Crippen LogP contribution < -0.4 is 5.11 Å². The Morgan fingerprint density at radius 1 is 1.06 bits per heavy atom. The molecule has 4 heteroatoms. The summed E-state index contributed by atoms with van der Waals surface area (Å²) in [6.07, 6.45) is 1.72. The molecule has 0 N–H and O–H groups in total. The molecule has 1 aromatic heterocycles. The van der Waals surface area contributed by atoms with Gasteiger partial charge in [0.25, 0.3) is 0 Å². The van der Waals surface area contributed by atoms with Crippen molar-refractivity contribution < 1.29 is 9.90 Å². The molecule has 0 bridgehead atoms. The Kier molecular flexibility index (Phi) is 2.34. The highest BCUT2D eigenvalue weighted by atomic mass is 16.4. The summed E-state index contributed by atoms with van der Waals surface area (Å²) in [5.41, 5.74) is 2.93. The average Bonchev–Trinajstić information content (AvgIpc) is 2.82. The number of carbonyl (C=O) groups excluding carboxylic acids is 1. The Morgan fingerprint density at radius 3 is 2.50 bits per heavy atom. The second-order valence-electron chi connectivity index (χ2n) is 3.94. The Labute approximate surface area is 103 Å². The molecular weight excluding hydrogens is 228 g/mol. The van der Waals surface area contributed by atoms with Gasteiger partial charge in [0.15, 0.2) is 0 Å². The lowest BCUT2D eigenvalue weighted by atomic mass is 10.2. The molecular formula is C14H9N2O2-. The van der Waals surface area contributed by atoms with Crippen molar-refractivity contribution >= 4 is 17.0 Å². The topological polar surface area (TPSA) is 57.9 Å². The van der Waals surface area contributed by atoms with Crippen LogP contribution in [0.4, 0.5) is 0 Å². The zero-order valence-corrected chi connectivity index (χ0v) is 9.41. The number of rotatable bonds is 2. The molecule has 0 saturated carbocycles. The average molecular weight is 237 g/mol. The van der Waals surface area contributed by atoms with Gasteiger partial charge in [-0.2, -0.15) is 0 Å². The SMILES string of the molecule is O=C([O-])c1ccc(-n2cnc3ccccc32)cc1. The number of aromatic carboxylic acids is 1. The van der Waals surface area contributed by atoms with Gasteiger partial charge in [-0.05, 0) is 29.8 Å². The van der Waals surface area contributed by atoms with E-state index in [1.807, 2.05) is 28.8 Å². The van der Waals surface area contributed by atoms with E-state index in [1.165, 1.54) is 12.1 Å². The monoisotopic (exact) mass is 237 g/mol. The van der Waals surface area contributed by atoms with Crippen LogP contribution in [0.5, 0.6) is 0 Å². The Morgan fingerprint density at radius 2 is 1.78 bits per heavy atom. The number of fused-ring (bicyclic) bond motifs is 1. The molecule has 0 spiro atoms. The van der Waals surface area contributed by atoms with E-state index in [2.05, 4.69) is 4.98 Å². The number of carbonyl (C=O) groups is 1. The third-order valence-corrected chi connectivity index (χ3v) is 2.83. The lowest BCUT2D eigenvalue weighted by Crippen LogP contribution is -2.22. The first kappa shape index (κ1) is 10.5. The quantitative estimate of drug-likeness (QED) is 0.676. The van der Waals surface area contributed by atoms with Gasteiger partial charge < -0.3 is 9.90 Å². The van der Waals surface area contributed by atoms with Crippen LogP contribution in [0.25, 0.3) is 16.7 Å². The fourth-order valence-electron chi connectivity index (χ4n) is 1.92. The molecule has 18 heavy (non-hydrogen) atoms. The number of para-hydroxylation sites is 2. The van der Waals surface area contributed by atoms with Crippen molar-refractivity contribution in [1.82, 2.24) is 9.55 Å². The van der Waals surface area contributed by atoms with E-state index in [-0.39, 0.29) is 5.56 Å². The molecule has 0 aliphatic carbocycles. The largest absolute Gasteiger partial charge is 0.545 e. The van der Waals surface area contributed by atoms with Crippen molar-refractivity contribution in [1.29, 1.82) is 0 Å². The summed E-state index contributed by atoms with van der Waals surface area (Å²) in [6, 6.07) is 14.3. The molecule has 3 aromatic rings. The van der Waals surface area contributed by atoms with Gasteiger partial charge in [0.05, 0.1) is 17.0 Å². The Bertz CT molecular complexity index is 714. The van der Waals surface area contributed by atoms with E-state index in [0.29, 0.717) is 0 Å². The predicted molar refractivity (Wildman–Crippen MR) is 65.4 cm³/mol. The molecule has 0 amide bonds. The zero-order valence-electron chi connectivity index (χ0n) is 9.41. The molecule has 2 aromatic carbocycles. The van der Waals surface area contributed by atoms with E-state index in [4.69, 9.17) is 0 Å². The summed E-state index contributed by atoms with van der Waals surface area (Å²) in [5, 5.41) is 10.7. The van der Waals surface area contributed by atoms with Gasteiger partial charge in [0.2, 0.25) is 0 Å². The van der Waals surface area contributed by atoms with E-state index in [9.17, 15) is 9.90 Å². The molecule has 1 heterocycles. The molecule has 0 radical (unpaired) electrons. The fraction of sp³-hybridized carbons (Fsp3) is 0. The van der Waals surface area contributed by atoms with Crippen LogP contribution in [0.3, 0.4) is 0 Å². The highest BCUT2D eigenvalue weighted by molar-refractivity contribution is 5.86. The highest BCUT2D eigenvalue weighted by Crippen LogP contribution is 2.17. The van der Waals surface area contributed by atoms with Crippen LogP contribution >= 0.6 is 0 Å². The van der Waals surface area contributed by atoms with Crippen molar-refractivity contribution in [2.45, 2.75) is 0 Å². The third-order valence-electron chi connectivity index (χ3n) is 2.83. The molecule has 0 saturated heterocycles.